The number of hydrogen-bond donors (Lipinski definition) is 2. The van der Waals surface area contributed by atoms with Gasteiger partial charge < -0.3 is 10.3 Å². The lowest BCUT2D eigenvalue weighted by atomic mass is 9.91. The summed E-state index contributed by atoms with van der Waals surface area (Å²) in [4.78, 5) is 30.3. The maximum Gasteiger partial charge on any atom is 0.405 e. The van der Waals surface area contributed by atoms with Crippen LogP contribution in [0.15, 0.2) is 24.9 Å². The zero-order valence-electron chi connectivity index (χ0n) is 15.3. The molecule has 12 heteroatoms. The van der Waals surface area contributed by atoms with Crippen molar-refractivity contribution in [3.63, 3.8) is 0 Å². The average molecular weight is 427 g/mol. The van der Waals surface area contributed by atoms with E-state index in [0.29, 0.717) is 16.6 Å². The van der Waals surface area contributed by atoms with Gasteiger partial charge in [0.1, 0.15) is 18.9 Å². The monoisotopic (exact) mass is 427 g/mol. The van der Waals surface area contributed by atoms with Crippen molar-refractivity contribution in [1.82, 2.24) is 25.3 Å². The fraction of sp³-hybridized carbons (Fsp3) is 0.389. The molecule has 1 aliphatic rings. The van der Waals surface area contributed by atoms with Crippen molar-refractivity contribution in [1.29, 1.82) is 0 Å². The SMILES string of the molecule is O=C(NCC(F)(F)F)[C@@H]1C[C@@H](F)CC1c1nc(-c2c[nH]c3nc[nH+]cc23)ncc1F. The van der Waals surface area contributed by atoms with Gasteiger partial charge in [-0.15, -0.1) is 0 Å². The maximum atomic E-state index is 14.5. The fourth-order valence-corrected chi connectivity index (χ4v) is 3.74. The van der Waals surface area contributed by atoms with Crippen LogP contribution in [0.2, 0.25) is 0 Å². The highest BCUT2D eigenvalue weighted by atomic mass is 19.4. The molecule has 3 heterocycles. The normalized spacial score (nSPS) is 21.8. The molecule has 1 fully saturated rings. The number of hydrogen-bond acceptors (Lipinski definition) is 4. The van der Waals surface area contributed by atoms with Crippen molar-refractivity contribution < 1.29 is 31.7 Å². The molecule has 1 aliphatic carbocycles. The van der Waals surface area contributed by atoms with Crippen LogP contribution in [-0.4, -0.2) is 44.7 Å². The molecule has 0 bridgehead atoms. The van der Waals surface area contributed by atoms with Crippen molar-refractivity contribution in [2.75, 3.05) is 6.54 Å². The van der Waals surface area contributed by atoms with Crippen molar-refractivity contribution in [3.8, 4) is 11.4 Å². The highest BCUT2D eigenvalue weighted by molar-refractivity contribution is 5.90. The Morgan fingerprint density at radius 1 is 1.30 bits per heavy atom. The average Bonchev–Trinajstić information content (AvgIpc) is 3.30. The van der Waals surface area contributed by atoms with E-state index in [1.807, 2.05) is 0 Å². The van der Waals surface area contributed by atoms with Gasteiger partial charge in [0.15, 0.2) is 11.6 Å². The van der Waals surface area contributed by atoms with Gasteiger partial charge in [-0.2, -0.15) is 13.2 Å². The Morgan fingerprint density at radius 3 is 2.87 bits per heavy atom. The van der Waals surface area contributed by atoms with Gasteiger partial charge in [0.2, 0.25) is 5.91 Å². The largest absolute Gasteiger partial charge is 0.405 e. The third-order valence-electron chi connectivity index (χ3n) is 5.06. The first-order valence-electron chi connectivity index (χ1n) is 9.07. The third-order valence-corrected chi connectivity index (χ3v) is 5.06. The van der Waals surface area contributed by atoms with Gasteiger partial charge in [-0.1, -0.05) is 0 Å². The molecule has 3 N–H and O–H groups in total. The van der Waals surface area contributed by atoms with Crippen molar-refractivity contribution in [2.24, 2.45) is 5.92 Å². The van der Waals surface area contributed by atoms with Crippen LogP contribution in [0.1, 0.15) is 24.5 Å². The van der Waals surface area contributed by atoms with Gasteiger partial charge >= 0.3 is 6.18 Å². The molecule has 4 rings (SSSR count). The summed E-state index contributed by atoms with van der Waals surface area (Å²) in [6, 6.07) is 0. The molecule has 0 spiro atoms. The van der Waals surface area contributed by atoms with Crippen LogP contribution in [0.5, 0.6) is 0 Å². The lowest BCUT2D eigenvalue weighted by Gasteiger charge is -2.19. The number of nitrogens with zero attached hydrogens (tertiary/aromatic N) is 3. The van der Waals surface area contributed by atoms with Crippen molar-refractivity contribution >= 4 is 16.9 Å². The summed E-state index contributed by atoms with van der Waals surface area (Å²) in [5.41, 5.74) is 0.838. The molecule has 1 unspecified atom stereocenters. The van der Waals surface area contributed by atoms with E-state index in [9.17, 15) is 26.7 Å². The number of carbonyl (C=O) groups is 1. The molecular weight excluding hydrogens is 411 g/mol. The molecule has 1 amide bonds. The van der Waals surface area contributed by atoms with Gasteiger partial charge in [-0.05, 0) is 17.8 Å². The highest BCUT2D eigenvalue weighted by Crippen LogP contribution is 2.42. The molecule has 3 aromatic heterocycles. The van der Waals surface area contributed by atoms with Gasteiger partial charge in [0.05, 0.1) is 22.8 Å². The number of amides is 1. The molecule has 0 aliphatic heterocycles. The lowest BCUT2D eigenvalue weighted by molar-refractivity contribution is -0.380. The Morgan fingerprint density at radius 2 is 2.10 bits per heavy atom. The summed E-state index contributed by atoms with van der Waals surface area (Å²) < 4.78 is 65.9. The van der Waals surface area contributed by atoms with Crippen LogP contribution in [0.25, 0.3) is 22.4 Å². The van der Waals surface area contributed by atoms with Crippen LogP contribution < -0.4 is 10.3 Å². The standard InChI is InChI=1S/C18H15F5N6O/c19-8-1-9(10(2-8)17(30)27-6-18(21,22)23)14-13(20)5-26-16(29-14)12-4-25-15-11(12)3-24-7-28-15/h3-5,7-10H,1-2,6H2,(H,27,30)(H,24,25,28)/p+1/t8-,9?,10+/m0/s1. The van der Waals surface area contributed by atoms with E-state index in [4.69, 9.17) is 0 Å². The topological polar surface area (TPSA) is 97.7 Å². The summed E-state index contributed by atoms with van der Waals surface area (Å²) in [5.74, 6) is -3.89. The number of fused-ring (bicyclic) bond motifs is 1. The van der Waals surface area contributed by atoms with Crippen LogP contribution in [-0.2, 0) is 4.79 Å². The highest BCUT2D eigenvalue weighted by Gasteiger charge is 2.43. The van der Waals surface area contributed by atoms with Gasteiger partial charge in [0, 0.05) is 18.0 Å². The minimum absolute atomic E-state index is 0.121. The van der Waals surface area contributed by atoms with Crippen molar-refractivity contribution in [2.45, 2.75) is 31.1 Å². The second-order valence-electron chi connectivity index (χ2n) is 7.08. The first-order chi connectivity index (χ1) is 14.2. The Kier molecular flexibility index (Phi) is 5.08. The smallest absolute Gasteiger partial charge is 0.347 e. The minimum atomic E-state index is -4.60. The fourth-order valence-electron chi connectivity index (χ4n) is 3.74. The number of halogens is 5. The molecular formula is C18H16F5N6O+. The van der Waals surface area contributed by atoms with Gasteiger partial charge in [-0.25, -0.2) is 23.7 Å². The lowest BCUT2D eigenvalue weighted by Crippen LogP contribution is -2.38. The first kappa shape index (κ1) is 20.1. The Labute approximate surface area is 166 Å². The second-order valence-corrected chi connectivity index (χ2v) is 7.08. The summed E-state index contributed by atoms with van der Waals surface area (Å²) in [5, 5.41) is 2.39. The molecule has 0 saturated heterocycles. The van der Waals surface area contributed by atoms with Crippen LogP contribution in [0, 0.1) is 11.7 Å². The summed E-state index contributed by atoms with van der Waals surface area (Å²) in [6.45, 7) is -1.54. The molecule has 158 valence electrons. The molecule has 7 nitrogen and oxygen atoms in total. The third kappa shape index (κ3) is 3.94. The Hall–Kier alpha value is -3.18. The van der Waals surface area contributed by atoms with Gasteiger partial charge in [0.25, 0.3) is 12.0 Å². The number of carbonyl (C=O) groups excluding carboxylic acids is 1. The van der Waals surface area contributed by atoms with Crippen LogP contribution in [0.3, 0.4) is 0 Å². The summed E-state index contributed by atoms with van der Waals surface area (Å²) >= 11 is 0. The number of alkyl halides is 4. The molecule has 0 radical (unpaired) electrons. The summed E-state index contributed by atoms with van der Waals surface area (Å²) in [7, 11) is 0. The zero-order valence-corrected chi connectivity index (χ0v) is 15.3. The predicted molar refractivity (Wildman–Crippen MR) is 93.1 cm³/mol. The zero-order chi connectivity index (χ0) is 21.5. The molecule has 0 aromatic carbocycles. The van der Waals surface area contributed by atoms with Crippen LogP contribution in [0.4, 0.5) is 22.0 Å². The Balaban J connectivity index is 1.67. The number of H-pyrrole nitrogens is 2. The van der Waals surface area contributed by atoms with Crippen LogP contribution >= 0.6 is 0 Å². The van der Waals surface area contributed by atoms with E-state index in [1.165, 1.54) is 6.33 Å². The predicted octanol–water partition coefficient (Wildman–Crippen LogP) is 2.48. The number of aromatic nitrogens is 5. The van der Waals surface area contributed by atoms with E-state index >= 15 is 0 Å². The van der Waals surface area contributed by atoms with E-state index in [1.54, 1.807) is 17.7 Å². The summed E-state index contributed by atoms with van der Waals surface area (Å²) in [6.07, 6.45) is -1.01. The van der Waals surface area contributed by atoms with Gasteiger partial charge in [-0.3, -0.25) is 4.79 Å². The van der Waals surface area contributed by atoms with E-state index in [-0.39, 0.29) is 24.4 Å². The van der Waals surface area contributed by atoms with E-state index in [2.05, 4.69) is 24.9 Å². The molecule has 3 atom stereocenters. The molecule has 3 aromatic rings. The Bertz CT molecular complexity index is 1080. The number of nitrogens with one attached hydrogen (secondary N) is 3. The number of aromatic amines is 2. The number of rotatable bonds is 4. The molecule has 1 saturated carbocycles. The maximum absolute atomic E-state index is 14.5. The van der Waals surface area contributed by atoms with E-state index in [0.717, 1.165) is 6.20 Å². The van der Waals surface area contributed by atoms with E-state index < -0.39 is 42.5 Å². The second kappa shape index (κ2) is 7.58. The first-order valence-corrected chi connectivity index (χ1v) is 9.07. The molecule has 30 heavy (non-hydrogen) atoms. The quantitative estimate of drug-likeness (QED) is 0.625. The minimum Gasteiger partial charge on any atom is -0.347 e. The van der Waals surface area contributed by atoms with Crippen molar-refractivity contribution in [3.05, 3.63) is 36.4 Å².